The highest BCUT2D eigenvalue weighted by Gasteiger charge is 2.31. The maximum absolute atomic E-state index is 13.7. The van der Waals surface area contributed by atoms with Crippen LogP contribution in [-0.4, -0.2) is 37.5 Å². The Hall–Kier alpha value is -3.63. The molecule has 2 heterocycles. The van der Waals surface area contributed by atoms with Crippen LogP contribution in [0.3, 0.4) is 0 Å². The Balaban J connectivity index is 1.84. The number of ether oxygens (including phenoxy) is 4. The Morgan fingerprint density at radius 2 is 1.84 bits per heavy atom. The molecule has 0 saturated carbocycles. The summed E-state index contributed by atoms with van der Waals surface area (Å²) in [6.07, 6.45) is 4.92. The number of thiazole rings is 1. The van der Waals surface area contributed by atoms with E-state index in [1.807, 2.05) is 38.1 Å². The lowest BCUT2D eigenvalue weighted by molar-refractivity contribution is -0.136. The molecule has 0 saturated heterocycles. The SMILES string of the molecule is C=CCOc1ccc(/C=c2\sc3n(c2=O)[C@H](c2ccc(OCC)c(OCC)c2)C(C(=O)OC)=CN=3)cc1Br. The number of aromatic nitrogens is 1. The van der Waals surface area contributed by atoms with Crippen LogP contribution in [0.1, 0.15) is 31.0 Å². The van der Waals surface area contributed by atoms with E-state index in [1.165, 1.54) is 29.2 Å². The third-order valence-corrected chi connectivity index (χ3v) is 7.24. The van der Waals surface area contributed by atoms with Crippen molar-refractivity contribution in [1.82, 2.24) is 4.57 Å². The van der Waals surface area contributed by atoms with Gasteiger partial charge in [0, 0.05) is 6.20 Å². The Labute approximate surface area is 232 Å². The molecule has 0 amide bonds. The van der Waals surface area contributed by atoms with Crippen molar-refractivity contribution in [1.29, 1.82) is 0 Å². The molecule has 10 heteroatoms. The van der Waals surface area contributed by atoms with E-state index in [4.69, 9.17) is 18.9 Å². The molecule has 8 nitrogen and oxygen atoms in total. The van der Waals surface area contributed by atoms with Crippen LogP contribution in [0.15, 0.2) is 75.1 Å². The van der Waals surface area contributed by atoms with Gasteiger partial charge in [-0.1, -0.05) is 36.1 Å². The van der Waals surface area contributed by atoms with Gasteiger partial charge in [0.05, 0.1) is 40.9 Å². The van der Waals surface area contributed by atoms with Crippen molar-refractivity contribution < 1.29 is 23.7 Å². The van der Waals surface area contributed by atoms with Gasteiger partial charge in [0.15, 0.2) is 16.3 Å². The number of carbonyl (C=O) groups excluding carboxylic acids is 1. The van der Waals surface area contributed by atoms with Gasteiger partial charge in [-0.05, 0) is 71.2 Å². The topological polar surface area (TPSA) is 88.3 Å². The van der Waals surface area contributed by atoms with Gasteiger partial charge in [-0.15, -0.1) is 0 Å². The lowest BCUT2D eigenvalue weighted by Gasteiger charge is -2.23. The fourth-order valence-corrected chi connectivity index (χ4v) is 5.49. The molecule has 1 aromatic heterocycles. The maximum Gasteiger partial charge on any atom is 0.337 e. The normalized spacial score (nSPS) is 14.7. The van der Waals surface area contributed by atoms with Crippen LogP contribution in [0.5, 0.6) is 17.2 Å². The van der Waals surface area contributed by atoms with Crippen molar-refractivity contribution in [2.45, 2.75) is 19.9 Å². The zero-order valence-electron chi connectivity index (χ0n) is 21.2. The van der Waals surface area contributed by atoms with Crippen molar-refractivity contribution in [2.24, 2.45) is 4.99 Å². The molecule has 0 N–H and O–H groups in total. The summed E-state index contributed by atoms with van der Waals surface area (Å²) in [5.41, 5.74) is 1.44. The van der Waals surface area contributed by atoms with Crippen LogP contribution in [0.25, 0.3) is 6.08 Å². The average molecular weight is 600 g/mol. The summed E-state index contributed by atoms with van der Waals surface area (Å²) in [7, 11) is 1.30. The Morgan fingerprint density at radius 3 is 2.53 bits per heavy atom. The first-order valence-electron chi connectivity index (χ1n) is 11.9. The molecule has 0 unspecified atom stereocenters. The number of carbonyl (C=O) groups is 1. The number of hydrogen-bond acceptors (Lipinski definition) is 8. The number of nitrogens with zero attached hydrogens (tertiary/aromatic N) is 2. The number of halogens is 1. The van der Waals surface area contributed by atoms with Crippen molar-refractivity contribution in [2.75, 3.05) is 26.9 Å². The summed E-state index contributed by atoms with van der Waals surface area (Å²) in [6.45, 7) is 8.71. The largest absolute Gasteiger partial charge is 0.490 e. The second kappa shape index (κ2) is 12.3. The number of rotatable bonds is 10. The molecule has 1 aliphatic rings. The monoisotopic (exact) mass is 598 g/mol. The van der Waals surface area contributed by atoms with Crippen molar-refractivity contribution in [3.8, 4) is 17.2 Å². The Bertz CT molecular complexity index is 1570. The summed E-state index contributed by atoms with van der Waals surface area (Å²) < 4.78 is 24.9. The second-order valence-corrected chi connectivity index (χ2v) is 9.90. The molecular weight excluding hydrogens is 572 g/mol. The summed E-state index contributed by atoms with van der Waals surface area (Å²) >= 11 is 4.76. The number of esters is 1. The minimum Gasteiger partial charge on any atom is -0.490 e. The van der Waals surface area contributed by atoms with Crippen molar-refractivity contribution in [3.63, 3.8) is 0 Å². The van der Waals surface area contributed by atoms with Crippen molar-refractivity contribution >= 4 is 39.3 Å². The van der Waals surface area contributed by atoms with Crippen LogP contribution < -0.4 is 29.1 Å². The Morgan fingerprint density at radius 1 is 1.11 bits per heavy atom. The predicted molar refractivity (Wildman–Crippen MR) is 150 cm³/mol. The van der Waals surface area contributed by atoms with E-state index < -0.39 is 12.0 Å². The smallest absolute Gasteiger partial charge is 0.337 e. The third-order valence-electron chi connectivity index (χ3n) is 5.62. The van der Waals surface area contributed by atoms with Gasteiger partial charge in [-0.3, -0.25) is 9.36 Å². The van der Waals surface area contributed by atoms with Crippen LogP contribution >= 0.6 is 27.3 Å². The highest BCUT2D eigenvalue weighted by atomic mass is 79.9. The van der Waals surface area contributed by atoms with Crippen LogP contribution in [0.2, 0.25) is 0 Å². The standard InChI is InChI=1S/C28H27BrN2O6S/c1-5-12-37-21-10-8-17(13-20(21)29)14-24-26(32)31-25(19(27(33)34-4)16-30-28(31)38-24)18-9-11-22(35-6-2)23(15-18)36-7-3/h5,8-11,13-16,25H,1,6-7,12H2,2-4H3/b24-14-/t25-/m1/s1. The van der Waals surface area contributed by atoms with E-state index in [2.05, 4.69) is 27.5 Å². The molecule has 0 fully saturated rings. The van der Waals surface area contributed by atoms with Gasteiger partial charge in [0.25, 0.3) is 5.56 Å². The second-order valence-electron chi connectivity index (χ2n) is 8.04. The third kappa shape index (κ3) is 5.61. The zero-order valence-corrected chi connectivity index (χ0v) is 23.6. The van der Waals surface area contributed by atoms with Gasteiger partial charge in [0.2, 0.25) is 0 Å². The van der Waals surface area contributed by atoms with Crippen molar-refractivity contribution in [3.05, 3.63) is 96.1 Å². The fraction of sp³-hybridized carbons (Fsp3) is 0.250. The van der Waals surface area contributed by atoms with E-state index in [9.17, 15) is 9.59 Å². The molecule has 1 aliphatic heterocycles. The predicted octanol–water partition coefficient (Wildman–Crippen LogP) is 4.14. The highest BCUT2D eigenvalue weighted by molar-refractivity contribution is 9.10. The lowest BCUT2D eigenvalue weighted by atomic mass is 9.97. The quantitative estimate of drug-likeness (QED) is 0.257. The van der Waals surface area contributed by atoms with E-state index in [0.29, 0.717) is 52.0 Å². The van der Waals surface area contributed by atoms with Crippen LogP contribution in [-0.2, 0) is 9.53 Å². The summed E-state index contributed by atoms with van der Waals surface area (Å²) in [6, 6.07) is 10.2. The minimum absolute atomic E-state index is 0.240. The maximum atomic E-state index is 13.7. The number of benzene rings is 2. The molecular formula is C28H27BrN2O6S. The lowest BCUT2D eigenvalue weighted by Crippen LogP contribution is -2.39. The minimum atomic E-state index is -0.753. The summed E-state index contributed by atoms with van der Waals surface area (Å²) in [5, 5.41) is 0. The average Bonchev–Trinajstić information content (AvgIpc) is 3.23. The van der Waals surface area contributed by atoms with E-state index in [-0.39, 0.29) is 11.1 Å². The zero-order chi connectivity index (χ0) is 27.2. The highest BCUT2D eigenvalue weighted by Crippen LogP contribution is 2.35. The van der Waals surface area contributed by atoms with Gasteiger partial charge >= 0.3 is 5.97 Å². The fourth-order valence-electron chi connectivity index (χ4n) is 4.01. The van der Waals surface area contributed by atoms with Gasteiger partial charge in [-0.2, -0.15) is 0 Å². The first-order chi connectivity index (χ1) is 18.4. The molecule has 1 atom stereocenters. The summed E-state index contributed by atoms with van der Waals surface area (Å²) in [5.74, 6) is 1.21. The molecule has 198 valence electrons. The molecule has 0 aliphatic carbocycles. The van der Waals surface area contributed by atoms with E-state index >= 15 is 0 Å². The molecule has 0 radical (unpaired) electrons. The molecule has 2 aromatic carbocycles. The molecule has 3 aromatic rings. The first-order valence-corrected chi connectivity index (χ1v) is 13.5. The molecule has 38 heavy (non-hydrogen) atoms. The van der Waals surface area contributed by atoms with E-state index in [0.717, 1.165) is 10.0 Å². The van der Waals surface area contributed by atoms with E-state index in [1.54, 1.807) is 24.3 Å². The number of hydrogen-bond donors (Lipinski definition) is 0. The van der Waals surface area contributed by atoms with Crippen LogP contribution in [0.4, 0.5) is 0 Å². The van der Waals surface area contributed by atoms with Gasteiger partial charge in [0.1, 0.15) is 12.4 Å². The van der Waals surface area contributed by atoms with Crippen LogP contribution in [0, 0.1) is 0 Å². The number of fused-ring (bicyclic) bond motifs is 1. The Kier molecular flexibility index (Phi) is 8.85. The summed E-state index contributed by atoms with van der Waals surface area (Å²) in [4.78, 5) is 31.4. The van der Waals surface area contributed by atoms with Gasteiger partial charge < -0.3 is 18.9 Å². The van der Waals surface area contributed by atoms with Gasteiger partial charge in [-0.25, -0.2) is 9.79 Å². The molecule has 0 spiro atoms. The molecule has 0 bridgehead atoms. The number of methoxy groups -OCH3 is 1. The first kappa shape index (κ1) is 27.4. The molecule has 4 rings (SSSR count).